The van der Waals surface area contributed by atoms with Crippen molar-refractivity contribution in [2.75, 3.05) is 25.6 Å². The van der Waals surface area contributed by atoms with Gasteiger partial charge in [-0.25, -0.2) is 4.79 Å². The van der Waals surface area contributed by atoms with E-state index >= 15 is 0 Å². The maximum Gasteiger partial charge on any atom is 0.324 e. The molecule has 2 aromatic rings. The van der Waals surface area contributed by atoms with Crippen LogP contribution in [0.5, 0.6) is 0 Å². The minimum absolute atomic E-state index is 0.0183. The molecule has 1 fully saturated rings. The quantitative estimate of drug-likeness (QED) is 0.829. The lowest BCUT2D eigenvalue weighted by molar-refractivity contribution is -0.101. The van der Waals surface area contributed by atoms with Gasteiger partial charge in [-0.2, -0.15) is 0 Å². The number of ether oxygens (including phenoxy) is 1. The molecule has 1 N–H and O–H groups in total. The molecule has 4 rings (SSSR count). The van der Waals surface area contributed by atoms with Gasteiger partial charge >= 0.3 is 6.03 Å². The van der Waals surface area contributed by atoms with Crippen LogP contribution in [-0.2, 0) is 16.9 Å². The summed E-state index contributed by atoms with van der Waals surface area (Å²) in [6, 6.07) is 8.36. The molecule has 2 atom stereocenters. The second-order valence-electron chi connectivity index (χ2n) is 7.41. The first-order chi connectivity index (χ1) is 12.9. The number of carbonyl (C=O) groups is 1. The average molecular weight is 405 g/mol. The van der Waals surface area contributed by atoms with Gasteiger partial charge in [0.05, 0.1) is 28.2 Å². The average Bonchev–Trinajstić information content (AvgIpc) is 3.09. The summed E-state index contributed by atoms with van der Waals surface area (Å²) in [5.41, 5.74) is 2.33. The van der Waals surface area contributed by atoms with Crippen LogP contribution in [0.2, 0.25) is 0 Å². The van der Waals surface area contributed by atoms with Gasteiger partial charge in [0.2, 0.25) is 0 Å². The van der Waals surface area contributed by atoms with Crippen LogP contribution in [0.1, 0.15) is 30.9 Å². The third kappa shape index (κ3) is 3.61. The van der Waals surface area contributed by atoms with E-state index in [2.05, 4.69) is 23.6 Å². The number of aliphatic hydroxyl groups is 1. The minimum Gasteiger partial charge on any atom is -0.385 e. The Morgan fingerprint density at radius 3 is 2.93 bits per heavy atom. The number of anilines is 1. The topological polar surface area (TPSA) is 53.0 Å². The van der Waals surface area contributed by atoms with Gasteiger partial charge in [-0.05, 0) is 47.7 Å². The van der Waals surface area contributed by atoms with Crippen molar-refractivity contribution in [3.8, 4) is 0 Å². The van der Waals surface area contributed by atoms with Gasteiger partial charge in [0.25, 0.3) is 0 Å². The van der Waals surface area contributed by atoms with Crippen LogP contribution in [0.25, 0.3) is 0 Å². The number of carbonyl (C=O) groups excluding carboxylic acids is 1. The first-order valence-corrected chi connectivity index (χ1v) is 10.8. The third-order valence-electron chi connectivity index (χ3n) is 5.31. The van der Waals surface area contributed by atoms with Crippen LogP contribution in [0.3, 0.4) is 0 Å². The van der Waals surface area contributed by atoms with Crippen LogP contribution in [-0.4, -0.2) is 42.8 Å². The second-order valence-corrected chi connectivity index (χ2v) is 9.70. The van der Waals surface area contributed by atoms with Crippen molar-refractivity contribution in [2.45, 2.75) is 47.1 Å². The lowest BCUT2D eigenvalue weighted by Crippen LogP contribution is -2.42. The highest BCUT2D eigenvalue weighted by molar-refractivity contribution is 8.01. The number of thiophene rings is 1. The summed E-state index contributed by atoms with van der Waals surface area (Å²) < 4.78 is 6.74. The van der Waals surface area contributed by atoms with Gasteiger partial charge < -0.3 is 14.7 Å². The summed E-state index contributed by atoms with van der Waals surface area (Å²) >= 11 is 3.37. The molecule has 144 valence electrons. The number of nitrogens with zero attached hydrogens (tertiary/aromatic N) is 2. The van der Waals surface area contributed by atoms with Crippen molar-refractivity contribution < 1.29 is 14.6 Å². The molecular formula is C20H24N2O3S2. The predicted molar refractivity (Wildman–Crippen MR) is 109 cm³/mol. The largest absolute Gasteiger partial charge is 0.385 e. The van der Waals surface area contributed by atoms with E-state index in [-0.39, 0.29) is 12.1 Å². The standard InChI is InChI=1S/C20H24N2O3S2/c1-13-10-20(24,6-7-25-13)15-9-18(26-12-15)27-16-4-5-17-14(8-16)11-21(2)19(23)22(17)3/h4-5,8-9,12-13,24H,6-7,10-11H2,1-3H3. The molecule has 5 nitrogen and oxygen atoms in total. The number of benzene rings is 1. The smallest absolute Gasteiger partial charge is 0.324 e. The molecule has 2 amide bonds. The Hall–Kier alpha value is -1.54. The molecule has 3 heterocycles. The summed E-state index contributed by atoms with van der Waals surface area (Å²) in [6.45, 7) is 3.23. The number of rotatable bonds is 3. The summed E-state index contributed by atoms with van der Waals surface area (Å²) in [7, 11) is 3.63. The number of fused-ring (bicyclic) bond motifs is 1. The van der Waals surface area contributed by atoms with Gasteiger partial charge in [-0.15, -0.1) is 11.3 Å². The Bertz CT molecular complexity index is 869. The second kappa shape index (κ2) is 7.13. The van der Waals surface area contributed by atoms with Crippen LogP contribution in [0, 0.1) is 0 Å². The van der Waals surface area contributed by atoms with E-state index in [1.165, 1.54) is 0 Å². The predicted octanol–water partition coefficient (Wildman–Crippen LogP) is 4.29. The molecule has 2 unspecified atom stereocenters. The first-order valence-electron chi connectivity index (χ1n) is 9.08. The van der Waals surface area contributed by atoms with Crippen molar-refractivity contribution >= 4 is 34.8 Å². The maximum atomic E-state index is 12.1. The molecule has 0 aliphatic carbocycles. The van der Waals surface area contributed by atoms with Crippen LogP contribution in [0.4, 0.5) is 10.5 Å². The van der Waals surface area contributed by atoms with Gasteiger partial charge in [0.1, 0.15) is 0 Å². The highest BCUT2D eigenvalue weighted by Crippen LogP contribution is 2.41. The van der Waals surface area contributed by atoms with E-state index < -0.39 is 5.60 Å². The van der Waals surface area contributed by atoms with Crippen molar-refractivity contribution in [3.05, 3.63) is 40.8 Å². The lowest BCUT2D eigenvalue weighted by atomic mass is 9.86. The van der Waals surface area contributed by atoms with Crippen molar-refractivity contribution in [1.29, 1.82) is 0 Å². The fourth-order valence-electron chi connectivity index (χ4n) is 3.82. The molecule has 0 radical (unpaired) electrons. The summed E-state index contributed by atoms with van der Waals surface area (Å²) in [5, 5.41) is 13.1. The van der Waals surface area contributed by atoms with Crippen molar-refractivity contribution in [3.63, 3.8) is 0 Å². The monoisotopic (exact) mass is 404 g/mol. The zero-order chi connectivity index (χ0) is 19.2. The molecule has 0 bridgehead atoms. The zero-order valence-corrected chi connectivity index (χ0v) is 17.4. The van der Waals surface area contributed by atoms with E-state index in [0.29, 0.717) is 26.0 Å². The molecule has 1 aromatic heterocycles. The van der Waals surface area contributed by atoms with Crippen LogP contribution >= 0.6 is 23.1 Å². The number of amides is 2. The Kier molecular flexibility index (Phi) is 4.96. The SMILES string of the molecule is CC1CC(O)(c2csc(Sc3ccc4c(c3)CN(C)C(=O)N4C)c2)CCO1. The normalized spacial score (nSPS) is 25.6. The molecule has 27 heavy (non-hydrogen) atoms. The highest BCUT2D eigenvalue weighted by Gasteiger charge is 2.35. The van der Waals surface area contributed by atoms with Crippen LogP contribution < -0.4 is 4.90 Å². The molecule has 2 aliphatic rings. The molecule has 1 aromatic carbocycles. The molecule has 0 spiro atoms. The maximum absolute atomic E-state index is 12.1. The Morgan fingerprint density at radius 2 is 2.15 bits per heavy atom. The van der Waals surface area contributed by atoms with E-state index in [1.807, 2.05) is 27.1 Å². The van der Waals surface area contributed by atoms with Crippen molar-refractivity contribution in [1.82, 2.24) is 4.90 Å². The van der Waals surface area contributed by atoms with Gasteiger partial charge in [0, 0.05) is 38.4 Å². The van der Waals surface area contributed by atoms with Gasteiger partial charge in [-0.1, -0.05) is 11.8 Å². The third-order valence-corrected chi connectivity index (χ3v) is 7.38. The van der Waals surface area contributed by atoms with E-state index in [4.69, 9.17) is 4.74 Å². The molecule has 0 saturated carbocycles. The summed E-state index contributed by atoms with van der Waals surface area (Å²) in [5.74, 6) is 0. The van der Waals surface area contributed by atoms with E-state index in [0.717, 1.165) is 25.9 Å². The van der Waals surface area contributed by atoms with E-state index in [9.17, 15) is 9.90 Å². The Labute approximate surface area is 167 Å². The van der Waals surface area contributed by atoms with Crippen molar-refractivity contribution in [2.24, 2.45) is 0 Å². The molecule has 1 saturated heterocycles. The minimum atomic E-state index is -0.783. The number of hydrogen-bond acceptors (Lipinski definition) is 5. The molecule has 2 aliphatic heterocycles. The molecule has 7 heteroatoms. The van der Waals surface area contributed by atoms with Crippen LogP contribution in [0.15, 0.2) is 38.8 Å². The first kappa shape index (κ1) is 18.8. The number of hydrogen-bond donors (Lipinski definition) is 1. The zero-order valence-electron chi connectivity index (χ0n) is 15.8. The Morgan fingerprint density at radius 1 is 1.33 bits per heavy atom. The van der Waals surface area contributed by atoms with Gasteiger partial charge in [0.15, 0.2) is 0 Å². The fraction of sp³-hybridized carbons (Fsp3) is 0.450. The Balaban J connectivity index is 1.53. The highest BCUT2D eigenvalue weighted by atomic mass is 32.2. The van der Waals surface area contributed by atoms with Gasteiger partial charge in [-0.3, -0.25) is 4.90 Å². The molecular weight excluding hydrogens is 380 g/mol. The lowest BCUT2D eigenvalue weighted by Gasteiger charge is -2.35. The number of urea groups is 1. The van der Waals surface area contributed by atoms with E-state index in [1.54, 1.807) is 32.9 Å². The summed E-state index contributed by atoms with van der Waals surface area (Å²) in [6.07, 6.45) is 1.36. The summed E-state index contributed by atoms with van der Waals surface area (Å²) in [4.78, 5) is 16.6. The fourth-order valence-corrected chi connectivity index (χ4v) is 5.93.